The van der Waals surface area contributed by atoms with Gasteiger partial charge in [-0.2, -0.15) is 0 Å². The molecule has 3 aromatic rings. The predicted octanol–water partition coefficient (Wildman–Crippen LogP) is 2.47. The largest absolute Gasteiger partial charge is 0.467 e. The van der Waals surface area contributed by atoms with Crippen molar-refractivity contribution >= 4 is 34.3 Å². The van der Waals surface area contributed by atoms with Crippen LogP contribution in [0.3, 0.4) is 0 Å². The Hall–Kier alpha value is -3.04. The maximum atomic E-state index is 14.8. The normalized spacial score (nSPS) is 16.5. The summed E-state index contributed by atoms with van der Waals surface area (Å²) in [5.41, 5.74) is 0.351. The van der Waals surface area contributed by atoms with Crippen molar-refractivity contribution in [3.63, 3.8) is 0 Å². The molecule has 162 valence electrons. The van der Waals surface area contributed by atoms with Gasteiger partial charge in [0.05, 0.1) is 36.9 Å². The van der Waals surface area contributed by atoms with Gasteiger partial charge in [-0.1, -0.05) is 11.6 Å². The Morgan fingerprint density at radius 1 is 1.32 bits per heavy atom. The molecule has 1 unspecified atom stereocenters. The summed E-state index contributed by atoms with van der Waals surface area (Å²) >= 11 is 5.91. The number of halogens is 2. The van der Waals surface area contributed by atoms with Gasteiger partial charge in [0.2, 0.25) is 0 Å². The molecular formula is C21H20ClFN4O4. The number of fused-ring (bicyclic) bond motifs is 1. The molecule has 1 fully saturated rings. The number of nitrogens with zero attached hydrogens (tertiary/aromatic N) is 4. The molecule has 0 bridgehead atoms. The molecule has 0 aliphatic carbocycles. The van der Waals surface area contributed by atoms with Crippen LogP contribution in [0.25, 0.3) is 22.2 Å². The minimum atomic E-state index is -0.773. The van der Waals surface area contributed by atoms with Gasteiger partial charge in [-0.3, -0.25) is 9.36 Å². The summed E-state index contributed by atoms with van der Waals surface area (Å²) in [6, 6.07) is 5.86. The van der Waals surface area contributed by atoms with Crippen LogP contribution in [0.1, 0.15) is 5.82 Å². The molecule has 0 saturated carbocycles. The number of aromatic nitrogens is 3. The van der Waals surface area contributed by atoms with E-state index in [1.807, 2.05) is 4.90 Å². The Morgan fingerprint density at radius 2 is 2.10 bits per heavy atom. The Balaban J connectivity index is 1.93. The standard InChI is InChI=1S/C21H20ClFN4O4/c1-11-24-15-9-17(27-6-7-31-16(10-27)21(29)30-3)25-19(18(15)20(28)26(11)2)13-5-4-12(22)8-14(13)23/h4-5,8-9,16H,6-7,10H2,1-3H3. The van der Waals surface area contributed by atoms with E-state index >= 15 is 0 Å². The molecule has 0 N–H and O–H groups in total. The third-order valence-corrected chi connectivity index (χ3v) is 5.55. The summed E-state index contributed by atoms with van der Waals surface area (Å²) in [6.45, 7) is 2.66. The highest BCUT2D eigenvalue weighted by atomic mass is 35.5. The van der Waals surface area contributed by atoms with Crippen LogP contribution < -0.4 is 10.5 Å². The number of pyridine rings is 1. The minimum Gasteiger partial charge on any atom is -0.467 e. The number of methoxy groups -OCH3 is 1. The van der Waals surface area contributed by atoms with Crippen molar-refractivity contribution in [2.75, 3.05) is 31.7 Å². The van der Waals surface area contributed by atoms with Gasteiger partial charge in [-0.05, 0) is 25.1 Å². The van der Waals surface area contributed by atoms with E-state index in [1.165, 1.54) is 29.9 Å². The van der Waals surface area contributed by atoms with Crippen molar-refractivity contribution < 1.29 is 18.7 Å². The summed E-state index contributed by atoms with van der Waals surface area (Å²) < 4.78 is 26.5. The maximum absolute atomic E-state index is 14.8. The molecule has 1 aliphatic heterocycles. The number of anilines is 1. The number of aryl methyl sites for hydroxylation is 1. The number of esters is 1. The first-order valence-electron chi connectivity index (χ1n) is 9.58. The zero-order chi connectivity index (χ0) is 22.3. The zero-order valence-corrected chi connectivity index (χ0v) is 17.9. The van der Waals surface area contributed by atoms with E-state index in [2.05, 4.69) is 9.97 Å². The second-order valence-corrected chi connectivity index (χ2v) is 7.64. The fraction of sp³-hybridized carbons (Fsp3) is 0.333. The molecule has 0 spiro atoms. The molecule has 0 amide bonds. The van der Waals surface area contributed by atoms with Crippen molar-refractivity contribution in [2.45, 2.75) is 13.0 Å². The molecule has 1 aliphatic rings. The monoisotopic (exact) mass is 446 g/mol. The first-order valence-corrected chi connectivity index (χ1v) is 9.96. The molecule has 10 heteroatoms. The first-order chi connectivity index (χ1) is 14.8. The summed E-state index contributed by atoms with van der Waals surface area (Å²) in [7, 11) is 2.89. The van der Waals surface area contributed by atoms with Crippen LogP contribution in [0.4, 0.5) is 10.2 Å². The van der Waals surface area contributed by atoms with E-state index in [0.717, 1.165) is 0 Å². The molecule has 1 aromatic carbocycles. The van der Waals surface area contributed by atoms with Crippen LogP contribution in [0.2, 0.25) is 5.02 Å². The number of rotatable bonds is 3. The SMILES string of the molecule is COC(=O)C1CN(c2cc3nc(C)n(C)c(=O)c3c(-c3ccc(Cl)cc3F)n2)CCO1. The zero-order valence-electron chi connectivity index (χ0n) is 17.2. The number of benzene rings is 1. The fourth-order valence-corrected chi connectivity index (χ4v) is 3.71. The Bertz CT molecular complexity index is 1250. The second kappa shape index (κ2) is 8.24. The Labute approximate surface area is 182 Å². The van der Waals surface area contributed by atoms with E-state index < -0.39 is 17.9 Å². The molecule has 31 heavy (non-hydrogen) atoms. The highest BCUT2D eigenvalue weighted by Crippen LogP contribution is 2.31. The minimum absolute atomic E-state index is 0.136. The lowest BCUT2D eigenvalue weighted by Gasteiger charge is -2.32. The molecule has 1 saturated heterocycles. The van der Waals surface area contributed by atoms with Gasteiger partial charge in [0.15, 0.2) is 6.10 Å². The van der Waals surface area contributed by atoms with E-state index in [4.69, 9.17) is 21.1 Å². The number of carbonyl (C=O) groups excluding carboxylic acids is 1. The Morgan fingerprint density at radius 3 is 2.81 bits per heavy atom. The molecule has 8 nitrogen and oxygen atoms in total. The van der Waals surface area contributed by atoms with Crippen LogP contribution in [-0.2, 0) is 21.3 Å². The van der Waals surface area contributed by atoms with E-state index in [1.54, 1.807) is 20.0 Å². The number of morpholine rings is 1. The van der Waals surface area contributed by atoms with Gasteiger partial charge in [-0.25, -0.2) is 19.2 Å². The number of ether oxygens (including phenoxy) is 2. The van der Waals surface area contributed by atoms with Crippen LogP contribution in [0.5, 0.6) is 0 Å². The second-order valence-electron chi connectivity index (χ2n) is 7.20. The highest BCUT2D eigenvalue weighted by molar-refractivity contribution is 6.30. The molecule has 3 heterocycles. The Kier molecular flexibility index (Phi) is 5.63. The topological polar surface area (TPSA) is 86.6 Å². The van der Waals surface area contributed by atoms with Crippen molar-refractivity contribution in [1.82, 2.24) is 14.5 Å². The predicted molar refractivity (Wildman–Crippen MR) is 114 cm³/mol. The van der Waals surface area contributed by atoms with Crippen molar-refractivity contribution in [3.8, 4) is 11.3 Å². The highest BCUT2D eigenvalue weighted by Gasteiger charge is 2.29. The van der Waals surface area contributed by atoms with Gasteiger partial charge >= 0.3 is 5.97 Å². The number of carbonyl (C=O) groups is 1. The van der Waals surface area contributed by atoms with E-state index in [-0.39, 0.29) is 40.4 Å². The van der Waals surface area contributed by atoms with Crippen LogP contribution in [0.15, 0.2) is 29.1 Å². The smallest absolute Gasteiger partial charge is 0.336 e. The summed E-state index contributed by atoms with van der Waals surface area (Å²) in [6.07, 6.45) is -0.773. The summed E-state index contributed by atoms with van der Waals surface area (Å²) in [4.78, 5) is 35.9. The lowest BCUT2D eigenvalue weighted by molar-refractivity contribution is -0.154. The third kappa shape index (κ3) is 3.86. The first kappa shape index (κ1) is 21.2. The van der Waals surface area contributed by atoms with Crippen LogP contribution in [0, 0.1) is 12.7 Å². The summed E-state index contributed by atoms with van der Waals surface area (Å²) in [5, 5.41) is 0.438. The average Bonchev–Trinajstić information content (AvgIpc) is 2.76. The van der Waals surface area contributed by atoms with Gasteiger partial charge < -0.3 is 14.4 Å². The van der Waals surface area contributed by atoms with Crippen molar-refractivity contribution in [2.24, 2.45) is 7.05 Å². The van der Waals surface area contributed by atoms with Crippen LogP contribution in [-0.4, -0.2) is 53.4 Å². The molecule has 1 atom stereocenters. The van der Waals surface area contributed by atoms with Crippen molar-refractivity contribution in [3.05, 3.63) is 51.3 Å². The molecule has 2 aromatic heterocycles. The lowest BCUT2D eigenvalue weighted by atomic mass is 10.1. The molecule has 4 rings (SSSR count). The molecular weight excluding hydrogens is 427 g/mol. The third-order valence-electron chi connectivity index (χ3n) is 5.31. The van der Waals surface area contributed by atoms with Gasteiger partial charge in [0.1, 0.15) is 17.5 Å². The average molecular weight is 447 g/mol. The van der Waals surface area contributed by atoms with E-state index in [0.29, 0.717) is 23.7 Å². The van der Waals surface area contributed by atoms with E-state index in [9.17, 15) is 14.0 Å². The van der Waals surface area contributed by atoms with Gasteiger partial charge in [-0.15, -0.1) is 0 Å². The number of hydrogen-bond donors (Lipinski definition) is 0. The van der Waals surface area contributed by atoms with Gasteiger partial charge in [0.25, 0.3) is 5.56 Å². The summed E-state index contributed by atoms with van der Waals surface area (Å²) in [5.74, 6) is -0.131. The quantitative estimate of drug-likeness (QED) is 0.571. The molecule has 0 radical (unpaired) electrons. The maximum Gasteiger partial charge on any atom is 0.336 e. The number of hydrogen-bond acceptors (Lipinski definition) is 7. The lowest BCUT2D eigenvalue weighted by Crippen LogP contribution is -2.47. The van der Waals surface area contributed by atoms with Crippen molar-refractivity contribution in [1.29, 1.82) is 0 Å². The van der Waals surface area contributed by atoms with Crippen LogP contribution >= 0.6 is 11.6 Å². The fourth-order valence-electron chi connectivity index (χ4n) is 3.55. The van der Waals surface area contributed by atoms with Gasteiger partial charge in [0, 0.05) is 30.2 Å².